The molecule has 1 aliphatic rings. The molecule has 2 N–H and O–H groups in total. The molecule has 1 aromatic rings. The molecule has 1 amide bonds. The van der Waals surface area contributed by atoms with Crippen LogP contribution in [0.2, 0.25) is 0 Å². The van der Waals surface area contributed by atoms with Crippen molar-refractivity contribution in [1.29, 1.82) is 0 Å². The zero-order chi connectivity index (χ0) is 16.7. The summed E-state index contributed by atoms with van der Waals surface area (Å²) in [5.74, 6) is 1.44. The van der Waals surface area contributed by atoms with E-state index in [1.807, 2.05) is 6.92 Å². The van der Waals surface area contributed by atoms with E-state index in [9.17, 15) is 9.18 Å². The van der Waals surface area contributed by atoms with Crippen LogP contribution in [-0.2, 0) is 4.79 Å². The zero-order valence-electron chi connectivity index (χ0n) is 14.4. The number of halogens is 2. The van der Waals surface area contributed by atoms with E-state index in [1.165, 1.54) is 12.1 Å². The Morgan fingerprint density at radius 1 is 1.29 bits per heavy atom. The van der Waals surface area contributed by atoms with Crippen molar-refractivity contribution in [1.82, 2.24) is 10.6 Å². The first-order valence-electron chi connectivity index (χ1n) is 8.44. The molecule has 136 valence electrons. The van der Waals surface area contributed by atoms with Crippen LogP contribution in [0, 0.1) is 17.7 Å². The molecule has 0 bridgehead atoms. The number of carbonyl (C=O) groups excluding carboxylic acids is 1. The number of ether oxygens (including phenoxy) is 1. The lowest BCUT2D eigenvalue weighted by Crippen LogP contribution is -2.36. The van der Waals surface area contributed by atoms with Crippen molar-refractivity contribution in [3.05, 3.63) is 30.1 Å². The Morgan fingerprint density at radius 2 is 1.92 bits per heavy atom. The number of amides is 1. The fourth-order valence-electron chi connectivity index (χ4n) is 2.99. The lowest BCUT2D eigenvalue weighted by Gasteiger charge is -2.28. The van der Waals surface area contributed by atoms with Gasteiger partial charge in [-0.1, -0.05) is 6.92 Å². The summed E-state index contributed by atoms with van der Waals surface area (Å²) in [5.41, 5.74) is 0. The number of hydrogen-bond acceptors (Lipinski definition) is 3. The fourth-order valence-corrected chi connectivity index (χ4v) is 2.99. The number of hydrogen-bond donors (Lipinski definition) is 2. The van der Waals surface area contributed by atoms with Crippen molar-refractivity contribution >= 4 is 18.3 Å². The first-order valence-corrected chi connectivity index (χ1v) is 8.44. The highest BCUT2D eigenvalue weighted by atomic mass is 35.5. The van der Waals surface area contributed by atoms with Crippen molar-refractivity contribution in [2.75, 3.05) is 19.6 Å². The van der Waals surface area contributed by atoms with Crippen LogP contribution in [0.15, 0.2) is 24.3 Å². The fraction of sp³-hybridized carbons (Fsp3) is 0.611. The summed E-state index contributed by atoms with van der Waals surface area (Å²) in [6.07, 6.45) is 2.71. The van der Waals surface area contributed by atoms with Crippen LogP contribution in [0.5, 0.6) is 5.75 Å². The topological polar surface area (TPSA) is 50.4 Å². The molecule has 0 aliphatic carbocycles. The molecule has 24 heavy (non-hydrogen) atoms. The molecule has 1 saturated heterocycles. The molecular weight excluding hydrogens is 331 g/mol. The summed E-state index contributed by atoms with van der Waals surface area (Å²) >= 11 is 0. The number of piperidine rings is 1. The minimum Gasteiger partial charge on any atom is -0.489 e. The maximum absolute atomic E-state index is 12.8. The van der Waals surface area contributed by atoms with Gasteiger partial charge in [0.1, 0.15) is 17.7 Å². The molecule has 1 heterocycles. The van der Waals surface area contributed by atoms with Gasteiger partial charge in [-0.25, -0.2) is 4.39 Å². The first-order chi connectivity index (χ1) is 11.0. The highest BCUT2D eigenvalue weighted by Gasteiger charge is 2.22. The highest BCUT2D eigenvalue weighted by Crippen LogP contribution is 2.24. The van der Waals surface area contributed by atoms with Crippen molar-refractivity contribution in [3.63, 3.8) is 0 Å². The Balaban J connectivity index is 0.00000288. The number of rotatable bonds is 7. The van der Waals surface area contributed by atoms with Crippen LogP contribution in [0.4, 0.5) is 4.39 Å². The van der Waals surface area contributed by atoms with Crippen LogP contribution >= 0.6 is 12.4 Å². The zero-order valence-corrected chi connectivity index (χ0v) is 15.2. The largest absolute Gasteiger partial charge is 0.489 e. The molecule has 0 saturated carbocycles. The van der Waals surface area contributed by atoms with Gasteiger partial charge in [0, 0.05) is 6.42 Å². The van der Waals surface area contributed by atoms with E-state index in [1.54, 1.807) is 12.1 Å². The Hall–Kier alpha value is -1.33. The van der Waals surface area contributed by atoms with Crippen LogP contribution in [-0.4, -0.2) is 31.6 Å². The number of benzene rings is 1. The Morgan fingerprint density at radius 3 is 2.54 bits per heavy atom. The third kappa shape index (κ3) is 7.05. The molecule has 0 aromatic heterocycles. The quantitative estimate of drug-likeness (QED) is 0.787. The van der Waals surface area contributed by atoms with Crippen molar-refractivity contribution < 1.29 is 13.9 Å². The summed E-state index contributed by atoms with van der Waals surface area (Å²) in [6, 6.07) is 5.91. The first kappa shape index (κ1) is 20.7. The summed E-state index contributed by atoms with van der Waals surface area (Å²) in [7, 11) is 0. The smallest absolute Gasteiger partial charge is 0.220 e. The maximum Gasteiger partial charge on any atom is 0.220 e. The van der Waals surface area contributed by atoms with E-state index in [2.05, 4.69) is 17.6 Å². The van der Waals surface area contributed by atoms with E-state index in [0.717, 1.165) is 25.9 Å². The second kappa shape index (κ2) is 10.5. The highest BCUT2D eigenvalue weighted by molar-refractivity contribution is 5.85. The minimum absolute atomic E-state index is 0. The van der Waals surface area contributed by atoms with Gasteiger partial charge in [0.05, 0.1) is 6.54 Å². The molecule has 6 heteroatoms. The van der Waals surface area contributed by atoms with E-state index in [4.69, 9.17) is 4.74 Å². The second-order valence-corrected chi connectivity index (χ2v) is 6.46. The average molecular weight is 359 g/mol. The minimum atomic E-state index is -0.287. The van der Waals surface area contributed by atoms with E-state index >= 15 is 0 Å². The van der Waals surface area contributed by atoms with Crippen LogP contribution in [0.3, 0.4) is 0 Å². The Bertz CT molecular complexity index is 492. The third-order valence-corrected chi connectivity index (χ3v) is 4.43. The van der Waals surface area contributed by atoms with Gasteiger partial charge in [-0.15, -0.1) is 12.4 Å². The maximum atomic E-state index is 12.8. The molecule has 1 aromatic carbocycles. The normalized spacial score (nSPS) is 17.5. The molecule has 1 aliphatic heterocycles. The predicted molar refractivity (Wildman–Crippen MR) is 96.1 cm³/mol. The van der Waals surface area contributed by atoms with Gasteiger partial charge < -0.3 is 15.4 Å². The monoisotopic (exact) mass is 358 g/mol. The molecule has 1 fully saturated rings. The lowest BCUT2D eigenvalue weighted by molar-refractivity contribution is -0.122. The molecule has 0 radical (unpaired) electrons. The van der Waals surface area contributed by atoms with Crippen LogP contribution in [0.25, 0.3) is 0 Å². The van der Waals surface area contributed by atoms with Crippen LogP contribution in [0.1, 0.15) is 33.1 Å². The van der Waals surface area contributed by atoms with Gasteiger partial charge in [0.25, 0.3) is 0 Å². The lowest BCUT2D eigenvalue weighted by atomic mass is 9.84. The van der Waals surface area contributed by atoms with Gasteiger partial charge in [0.2, 0.25) is 5.91 Å². The van der Waals surface area contributed by atoms with Gasteiger partial charge in [-0.3, -0.25) is 4.79 Å². The summed E-state index contributed by atoms with van der Waals surface area (Å²) < 4.78 is 18.5. The van der Waals surface area contributed by atoms with Crippen LogP contribution < -0.4 is 15.4 Å². The molecule has 4 nitrogen and oxygen atoms in total. The Labute approximate surface area is 149 Å². The van der Waals surface area contributed by atoms with Crippen molar-refractivity contribution in [2.45, 2.75) is 39.2 Å². The van der Waals surface area contributed by atoms with E-state index in [-0.39, 0.29) is 30.2 Å². The molecule has 2 atom stereocenters. The standard InChI is InChI=1S/C18H27FN2O2.ClH/c1-13(15-7-9-20-10-8-15)11-18(22)21-12-14(2)23-17-5-3-16(19)4-6-17;/h3-6,13-15,20H,7-12H2,1-2H3,(H,21,22);1H. The summed E-state index contributed by atoms with van der Waals surface area (Å²) in [5, 5.41) is 6.28. The Kier molecular flexibility index (Phi) is 9.08. The summed E-state index contributed by atoms with van der Waals surface area (Å²) in [4.78, 5) is 12.1. The SMILES string of the molecule is CC(CNC(=O)CC(C)C1CCNCC1)Oc1ccc(F)cc1.Cl. The summed E-state index contributed by atoms with van der Waals surface area (Å²) in [6.45, 7) is 6.61. The van der Waals surface area contributed by atoms with Crippen molar-refractivity contribution in [3.8, 4) is 5.75 Å². The average Bonchev–Trinajstić information content (AvgIpc) is 2.56. The predicted octanol–water partition coefficient (Wildman–Crippen LogP) is 3.16. The molecule has 0 spiro atoms. The van der Waals surface area contributed by atoms with E-state index < -0.39 is 0 Å². The van der Waals surface area contributed by atoms with Gasteiger partial charge in [0.15, 0.2) is 0 Å². The van der Waals surface area contributed by atoms with E-state index in [0.29, 0.717) is 30.6 Å². The third-order valence-electron chi connectivity index (χ3n) is 4.43. The van der Waals surface area contributed by atoms with Crippen molar-refractivity contribution in [2.24, 2.45) is 11.8 Å². The van der Waals surface area contributed by atoms with Gasteiger partial charge >= 0.3 is 0 Å². The van der Waals surface area contributed by atoms with Gasteiger partial charge in [-0.05, 0) is 69.0 Å². The van der Waals surface area contributed by atoms with Gasteiger partial charge in [-0.2, -0.15) is 0 Å². The second-order valence-electron chi connectivity index (χ2n) is 6.46. The number of carbonyl (C=O) groups is 1. The molecule has 2 rings (SSSR count). The molecule has 2 unspecified atom stereocenters. The molecular formula is C18H28ClFN2O2. The number of nitrogens with one attached hydrogen (secondary N) is 2.